The lowest BCUT2D eigenvalue weighted by Crippen LogP contribution is -2.42. The number of piperidine rings is 1. The van der Waals surface area contributed by atoms with Crippen LogP contribution < -0.4 is 0 Å². The van der Waals surface area contributed by atoms with Gasteiger partial charge in [-0.3, -0.25) is 4.90 Å². The lowest BCUT2D eigenvalue weighted by molar-refractivity contribution is -0.142. The average Bonchev–Trinajstić information content (AvgIpc) is 2.80. The third-order valence-electron chi connectivity index (χ3n) is 3.37. The van der Waals surface area contributed by atoms with Crippen LogP contribution in [-0.4, -0.2) is 45.8 Å². The molecule has 3 atom stereocenters. The van der Waals surface area contributed by atoms with E-state index < -0.39 is 23.5 Å². The van der Waals surface area contributed by atoms with Crippen molar-refractivity contribution in [1.82, 2.24) is 4.90 Å². The van der Waals surface area contributed by atoms with E-state index in [4.69, 9.17) is 15.7 Å². The topological polar surface area (TPSA) is 127 Å². The molecule has 2 aliphatic rings. The van der Waals surface area contributed by atoms with E-state index in [-0.39, 0.29) is 19.0 Å². The molecule has 0 aromatic carbocycles. The number of fused-ring (bicyclic) bond motifs is 1. The molecule has 2 rings (SSSR count). The molecule has 1 aliphatic carbocycles. The summed E-state index contributed by atoms with van der Waals surface area (Å²) >= 11 is 0. The van der Waals surface area contributed by atoms with Crippen LogP contribution in [0.25, 0.3) is 10.4 Å². The highest BCUT2D eigenvalue weighted by Crippen LogP contribution is 2.59. The highest BCUT2D eigenvalue weighted by Gasteiger charge is 2.67. The second kappa shape index (κ2) is 3.28. The Bertz CT molecular complexity index is 405. The quantitative estimate of drug-likeness (QED) is 0.420. The van der Waals surface area contributed by atoms with E-state index in [1.165, 1.54) is 0 Å². The van der Waals surface area contributed by atoms with E-state index in [1.54, 1.807) is 0 Å². The fraction of sp³-hybridized carbons (Fsp3) is 0.750. The maximum Gasteiger partial charge on any atom is 0.408 e. The Labute approximate surface area is 90.1 Å². The molecule has 86 valence electrons. The number of rotatable bonds is 3. The zero-order valence-corrected chi connectivity index (χ0v) is 8.28. The molecule has 0 aromatic rings. The lowest BCUT2D eigenvalue weighted by atomic mass is 10.00. The number of carboxylic acids is 1. The summed E-state index contributed by atoms with van der Waals surface area (Å²) < 4.78 is 0. The third-order valence-corrected chi connectivity index (χ3v) is 3.37. The van der Waals surface area contributed by atoms with E-state index in [9.17, 15) is 9.59 Å². The van der Waals surface area contributed by atoms with Crippen LogP contribution in [0.3, 0.4) is 0 Å². The predicted molar refractivity (Wildman–Crippen MR) is 50.8 cm³/mol. The largest absolute Gasteiger partial charge is 0.480 e. The number of carboxylic acid groups (broad SMARTS) is 2. The van der Waals surface area contributed by atoms with Crippen molar-refractivity contribution >= 4 is 12.1 Å². The van der Waals surface area contributed by atoms with Crippen molar-refractivity contribution in [2.45, 2.75) is 24.9 Å². The molecule has 0 radical (unpaired) electrons. The van der Waals surface area contributed by atoms with Gasteiger partial charge in [-0.05, 0) is 18.4 Å². The number of aliphatic carboxylic acids is 1. The van der Waals surface area contributed by atoms with Crippen molar-refractivity contribution in [3.63, 3.8) is 0 Å². The highest BCUT2D eigenvalue weighted by molar-refractivity contribution is 5.81. The number of azide groups is 1. The molecule has 1 saturated carbocycles. The van der Waals surface area contributed by atoms with Gasteiger partial charge in [-0.2, -0.15) is 0 Å². The lowest BCUT2D eigenvalue weighted by Gasteiger charge is -2.20. The normalized spacial score (nSPS) is 35.1. The van der Waals surface area contributed by atoms with Crippen molar-refractivity contribution in [2.75, 3.05) is 6.54 Å². The zero-order chi connectivity index (χ0) is 11.9. The van der Waals surface area contributed by atoms with Crippen molar-refractivity contribution in [3.05, 3.63) is 10.4 Å². The second-order valence-electron chi connectivity index (χ2n) is 4.22. The fourth-order valence-corrected chi connectivity index (χ4v) is 2.52. The number of nitrogens with zero attached hydrogens (tertiary/aromatic N) is 4. The number of hydrogen-bond acceptors (Lipinski definition) is 3. The molecule has 1 saturated heterocycles. The van der Waals surface area contributed by atoms with Crippen LogP contribution in [0.5, 0.6) is 0 Å². The van der Waals surface area contributed by atoms with Gasteiger partial charge in [-0.15, -0.1) is 0 Å². The molecular formula is C8H10N4O4. The van der Waals surface area contributed by atoms with Crippen LogP contribution in [0.2, 0.25) is 0 Å². The Morgan fingerprint density at radius 1 is 1.50 bits per heavy atom. The van der Waals surface area contributed by atoms with Crippen LogP contribution >= 0.6 is 0 Å². The standard InChI is InChI=1S/C8H10N4O4/c9-11-10-3-8-1-4(6(13)14)12(7(15)16)5(8)2-8/h4-5H,1-3H2,(H,13,14)(H,15,16)/t4-,5?,8?/m0/s1. The number of carbonyl (C=O) groups is 2. The Morgan fingerprint density at radius 3 is 2.62 bits per heavy atom. The summed E-state index contributed by atoms with van der Waals surface area (Å²) in [6, 6.07) is -1.32. The van der Waals surface area contributed by atoms with Gasteiger partial charge in [-0.25, -0.2) is 9.59 Å². The number of hydrogen-bond donors (Lipinski definition) is 2. The molecule has 16 heavy (non-hydrogen) atoms. The van der Waals surface area contributed by atoms with Crippen LogP contribution in [0.4, 0.5) is 4.79 Å². The Kier molecular flexibility index (Phi) is 2.16. The van der Waals surface area contributed by atoms with Gasteiger partial charge >= 0.3 is 12.1 Å². The highest BCUT2D eigenvalue weighted by atomic mass is 16.4. The van der Waals surface area contributed by atoms with E-state index >= 15 is 0 Å². The number of likely N-dealkylation sites (tertiary alicyclic amines) is 1. The molecule has 8 nitrogen and oxygen atoms in total. The molecule has 0 spiro atoms. The molecule has 8 heteroatoms. The summed E-state index contributed by atoms with van der Waals surface area (Å²) in [5.74, 6) is -1.14. The first kappa shape index (κ1) is 10.6. The summed E-state index contributed by atoms with van der Waals surface area (Å²) in [5.41, 5.74) is 7.78. The first-order chi connectivity index (χ1) is 7.52. The Morgan fingerprint density at radius 2 is 2.19 bits per heavy atom. The Balaban J connectivity index is 2.19. The third kappa shape index (κ3) is 1.35. The molecule has 1 amide bonds. The fourth-order valence-electron chi connectivity index (χ4n) is 2.52. The SMILES string of the molecule is [N-]=[N+]=NCC12CC1N(C(=O)O)[C@H](C(=O)O)C2. The summed E-state index contributed by atoms with van der Waals surface area (Å²) in [5, 5.41) is 21.3. The van der Waals surface area contributed by atoms with Gasteiger partial charge in [0.05, 0.1) is 0 Å². The molecule has 2 fully saturated rings. The van der Waals surface area contributed by atoms with Crippen molar-refractivity contribution < 1.29 is 19.8 Å². The first-order valence-corrected chi connectivity index (χ1v) is 4.77. The molecule has 2 unspecified atom stereocenters. The minimum Gasteiger partial charge on any atom is -0.480 e. The van der Waals surface area contributed by atoms with Gasteiger partial charge in [0.15, 0.2) is 0 Å². The molecule has 1 heterocycles. The van der Waals surface area contributed by atoms with Crippen LogP contribution in [0.1, 0.15) is 12.8 Å². The van der Waals surface area contributed by atoms with Gasteiger partial charge in [0.2, 0.25) is 0 Å². The van der Waals surface area contributed by atoms with Gasteiger partial charge in [0, 0.05) is 22.9 Å². The second-order valence-corrected chi connectivity index (χ2v) is 4.22. The zero-order valence-electron chi connectivity index (χ0n) is 8.28. The maximum absolute atomic E-state index is 10.9. The van der Waals surface area contributed by atoms with Gasteiger partial charge < -0.3 is 10.2 Å². The Hall–Kier alpha value is -1.95. The van der Waals surface area contributed by atoms with Crippen molar-refractivity contribution in [3.8, 4) is 0 Å². The van der Waals surface area contributed by atoms with E-state index in [1.807, 2.05) is 0 Å². The number of amides is 1. The van der Waals surface area contributed by atoms with Gasteiger partial charge in [0.1, 0.15) is 6.04 Å². The van der Waals surface area contributed by atoms with E-state index in [0.717, 1.165) is 4.90 Å². The molecule has 0 aromatic heterocycles. The van der Waals surface area contributed by atoms with Crippen molar-refractivity contribution in [2.24, 2.45) is 10.5 Å². The monoisotopic (exact) mass is 226 g/mol. The van der Waals surface area contributed by atoms with E-state index in [2.05, 4.69) is 10.0 Å². The molecular weight excluding hydrogens is 216 g/mol. The predicted octanol–water partition coefficient (Wildman–Crippen LogP) is 0.892. The summed E-state index contributed by atoms with van der Waals surface area (Å²) in [4.78, 5) is 25.4. The summed E-state index contributed by atoms with van der Waals surface area (Å²) in [6.07, 6.45) is -0.404. The minimum atomic E-state index is -1.22. The van der Waals surface area contributed by atoms with Crippen LogP contribution in [0.15, 0.2) is 5.11 Å². The van der Waals surface area contributed by atoms with Crippen LogP contribution in [0, 0.1) is 5.41 Å². The maximum atomic E-state index is 10.9. The van der Waals surface area contributed by atoms with Crippen molar-refractivity contribution in [1.29, 1.82) is 0 Å². The van der Waals surface area contributed by atoms with Gasteiger partial charge in [-0.1, -0.05) is 5.11 Å². The minimum absolute atomic E-state index is 0.168. The van der Waals surface area contributed by atoms with E-state index in [0.29, 0.717) is 6.42 Å². The molecule has 1 aliphatic heterocycles. The molecule has 0 bridgehead atoms. The smallest absolute Gasteiger partial charge is 0.408 e. The van der Waals surface area contributed by atoms with Crippen LogP contribution in [-0.2, 0) is 4.79 Å². The summed E-state index contributed by atoms with van der Waals surface area (Å²) in [7, 11) is 0. The average molecular weight is 226 g/mol. The summed E-state index contributed by atoms with van der Waals surface area (Å²) in [6.45, 7) is 0.168. The van der Waals surface area contributed by atoms with Gasteiger partial charge in [0.25, 0.3) is 0 Å². The molecule has 2 N–H and O–H groups in total. The first-order valence-electron chi connectivity index (χ1n) is 4.77.